The lowest BCUT2D eigenvalue weighted by Crippen LogP contribution is -2.30. The van der Waals surface area contributed by atoms with E-state index in [1.54, 1.807) is 0 Å². The summed E-state index contributed by atoms with van der Waals surface area (Å²) in [6.07, 6.45) is 1.94. The Hall–Kier alpha value is -1.95. The van der Waals surface area contributed by atoms with Gasteiger partial charge in [-0.2, -0.15) is 0 Å². The van der Waals surface area contributed by atoms with E-state index in [4.69, 9.17) is 5.73 Å². The van der Waals surface area contributed by atoms with Crippen LogP contribution < -0.4 is 16.3 Å². The number of hydrogen-bond donors (Lipinski definition) is 1. The molecule has 3 rings (SSSR count). The molecule has 23 heavy (non-hydrogen) atoms. The molecule has 0 heterocycles. The second-order valence-corrected chi connectivity index (χ2v) is 7.99. The third-order valence-electron chi connectivity index (χ3n) is 3.89. The largest absolute Gasteiger partial charge is 0.327 e. The molecule has 1 atom stereocenters. The summed E-state index contributed by atoms with van der Waals surface area (Å²) >= 11 is 0. The van der Waals surface area contributed by atoms with Gasteiger partial charge in [-0.1, -0.05) is 91.0 Å². The highest BCUT2D eigenvalue weighted by Crippen LogP contribution is 2.34. The van der Waals surface area contributed by atoms with Crippen molar-refractivity contribution in [1.29, 1.82) is 0 Å². The van der Waals surface area contributed by atoms with E-state index in [1.165, 1.54) is 16.2 Å². The Labute approximate surface area is 139 Å². The molecule has 0 saturated heterocycles. The highest BCUT2D eigenvalue weighted by Gasteiger charge is 2.17. The van der Waals surface area contributed by atoms with Crippen molar-refractivity contribution in [2.24, 2.45) is 5.73 Å². The predicted molar refractivity (Wildman–Crippen MR) is 102 cm³/mol. The Morgan fingerprint density at radius 3 is 1.57 bits per heavy atom. The maximum Gasteiger partial charge on any atom is 0.0125 e. The average molecular weight is 319 g/mol. The van der Waals surface area contributed by atoms with Crippen LogP contribution in [0.5, 0.6) is 0 Å². The standard InChI is InChI=1S/C21H22NP/c22-19(16-18-10-4-1-5-11-18)17-23(20-12-6-2-7-13-20)21-14-8-3-9-15-21/h1-15,19H,16-17,22H2/t19-/m0/s1. The van der Waals surface area contributed by atoms with E-state index in [0.29, 0.717) is 0 Å². The van der Waals surface area contributed by atoms with Crippen LogP contribution in [0, 0.1) is 0 Å². The van der Waals surface area contributed by atoms with Crippen molar-refractivity contribution in [3.63, 3.8) is 0 Å². The highest BCUT2D eigenvalue weighted by atomic mass is 31.1. The van der Waals surface area contributed by atoms with Crippen LogP contribution in [-0.4, -0.2) is 12.2 Å². The molecule has 2 N–H and O–H groups in total. The van der Waals surface area contributed by atoms with E-state index in [0.717, 1.165) is 12.6 Å². The molecule has 0 bridgehead atoms. The summed E-state index contributed by atoms with van der Waals surface area (Å²) in [6, 6.07) is 32.3. The monoisotopic (exact) mass is 319 g/mol. The van der Waals surface area contributed by atoms with Crippen LogP contribution in [0.1, 0.15) is 5.56 Å². The third kappa shape index (κ3) is 4.51. The quantitative estimate of drug-likeness (QED) is 0.689. The molecule has 0 aliphatic heterocycles. The van der Waals surface area contributed by atoms with E-state index >= 15 is 0 Å². The van der Waals surface area contributed by atoms with E-state index in [-0.39, 0.29) is 6.04 Å². The van der Waals surface area contributed by atoms with Crippen molar-refractivity contribution in [2.75, 3.05) is 6.16 Å². The minimum absolute atomic E-state index is 0.170. The van der Waals surface area contributed by atoms with Gasteiger partial charge in [-0.15, -0.1) is 0 Å². The zero-order valence-electron chi connectivity index (χ0n) is 13.2. The minimum Gasteiger partial charge on any atom is -0.327 e. The first-order valence-electron chi connectivity index (χ1n) is 8.00. The van der Waals surface area contributed by atoms with Crippen molar-refractivity contribution >= 4 is 18.5 Å². The normalized spacial score (nSPS) is 12.3. The lowest BCUT2D eigenvalue weighted by molar-refractivity contribution is 0.746. The third-order valence-corrected chi connectivity index (χ3v) is 6.57. The van der Waals surface area contributed by atoms with Crippen molar-refractivity contribution in [2.45, 2.75) is 12.5 Å². The Morgan fingerprint density at radius 2 is 1.09 bits per heavy atom. The SMILES string of the molecule is N[C@@H](Cc1ccccc1)CP(c1ccccc1)c1ccccc1. The summed E-state index contributed by atoms with van der Waals surface area (Å²) < 4.78 is 0. The first kappa shape index (κ1) is 15.9. The first-order chi connectivity index (χ1) is 11.3. The van der Waals surface area contributed by atoms with Gasteiger partial charge in [-0.3, -0.25) is 0 Å². The summed E-state index contributed by atoms with van der Waals surface area (Å²) in [7, 11) is -0.411. The van der Waals surface area contributed by atoms with Gasteiger partial charge < -0.3 is 5.73 Å². The topological polar surface area (TPSA) is 26.0 Å². The van der Waals surface area contributed by atoms with Gasteiger partial charge in [0.15, 0.2) is 0 Å². The van der Waals surface area contributed by atoms with Crippen LogP contribution in [0.15, 0.2) is 91.0 Å². The minimum atomic E-state index is -0.411. The zero-order valence-corrected chi connectivity index (χ0v) is 14.1. The molecule has 2 heteroatoms. The molecule has 0 aliphatic rings. The number of hydrogen-bond acceptors (Lipinski definition) is 1. The molecule has 116 valence electrons. The molecule has 0 amide bonds. The van der Waals surface area contributed by atoms with Gasteiger partial charge in [-0.05, 0) is 36.7 Å². The molecular weight excluding hydrogens is 297 g/mol. The molecule has 1 nitrogen and oxygen atoms in total. The van der Waals surface area contributed by atoms with Gasteiger partial charge >= 0.3 is 0 Å². The van der Waals surface area contributed by atoms with Crippen LogP contribution in [0.2, 0.25) is 0 Å². The molecule has 3 aromatic rings. The van der Waals surface area contributed by atoms with Crippen molar-refractivity contribution in [3.05, 3.63) is 96.6 Å². The summed E-state index contributed by atoms with van der Waals surface area (Å²) in [5.74, 6) is 0. The van der Waals surface area contributed by atoms with Gasteiger partial charge in [-0.25, -0.2) is 0 Å². The van der Waals surface area contributed by atoms with Gasteiger partial charge in [0.2, 0.25) is 0 Å². The average Bonchev–Trinajstić information content (AvgIpc) is 2.62. The van der Waals surface area contributed by atoms with E-state index in [1.807, 2.05) is 0 Å². The molecule has 0 aliphatic carbocycles. The van der Waals surface area contributed by atoms with Crippen molar-refractivity contribution in [3.8, 4) is 0 Å². The lowest BCUT2D eigenvalue weighted by atomic mass is 10.1. The second kappa shape index (κ2) is 8.06. The Balaban J connectivity index is 1.79. The molecular formula is C21H22NP. The number of rotatable bonds is 6. The molecule has 0 radical (unpaired) electrons. The summed E-state index contributed by atoms with van der Waals surface area (Å²) in [5, 5.41) is 2.80. The number of nitrogens with two attached hydrogens (primary N) is 1. The van der Waals surface area contributed by atoms with Gasteiger partial charge in [0.1, 0.15) is 0 Å². The molecule has 0 aromatic heterocycles. The highest BCUT2D eigenvalue weighted by molar-refractivity contribution is 7.73. The van der Waals surface area contributed by atoms with Crippen LogP contribution in [0.3, 0.4) is 0 Å². The van der Waals surface area contributed by atoms with Gasteiger partial charge in [0.25, 0.3) is 0 Å². The molecule has 0 saturated carbocycles. The molecule has 0 unspecified atom stereocenters. The fraction of sp³-hybridized carbons (Fsp3) is 0.143. The molecule has 0 fully saturated rings. The number of benzene rings is 3. The Bertz CT molecular complexity index is 658. The van der Waals surface area contributed by atoms with Gasteiger partial charge in [0.05, 0.1) is 0 Å². The van der Waals surface area contributed by atoms with Crippen LogP contribution in [-0.2, 0) is 6.42 Å². The van der Waals surface area contributed by atoms with Crippen LogP contribution in [0.25, 0.3) is 0 Å². The second-order valence-electron chi connectivity index (χ2n) is 5.73. The van der Waals surface area contributed by atoms with E-state index in [2.05, 4.69) is 91.0 Å². The zero-order chi connectivity index (χ0) is 15.9. The van der Waals surface area contributed by atoms with Crippen LogP contribution in [0.4, 0.5) is 0 Å². The summed E-state index contributed by atoms with van der Waals surface area (Å²) in [4.78, 5) is 0. The maximum absolute atomic E-state index is 6.50. The van der Waals surface area contributed by atoms with Crippen LogP contribution >= 0.6 is 7.92 Å². The molecule has 3 aromatic carbocycles. The fourth-order valence-electron chi connectivity index (χ4n) is 2.79. The first-order valence-corrected chi connectivity index (χ1v) is 9.53. The maximum atomic E-state index is 6.50. The summed E-state index contributed by atoms with van der Waals surface area (Å²) in [6.45, 7) is 0. The predicted octanol–water partition coefficient (Wildman–Crippen LogP) is 3.69. The van der Waals surface area contributed by atoms with E-state index < -0.39 is 7.92 Å². The molecule has 0 spiro atoms. The fourth-order valence-corrected chi connectivity index (χ4v) is 5.17. The lowest BCUT2D eigenvalue weighted by Gasteiger charge is -2.22. The van der Waals surface area contributed by atoms with Crippen molar-refractivity contribution < 1.29 is 0 Å². The Kier molecular flexibility index (Phi) is 5.58. The smallest absolute Gasteiger partial charge is 0.0125 e. The summed E-state index contributed by atoms with van der Waals surface area (Å²) in [5.41, 5.74) is 7.81. The van der Waals surface area contributed by atoms with E-state index in [9.17, 15) is 0 Å². The Morgan fingerprint density at radius 1 is 0.652 bits per heavy atom. The van der Waals surface area contributed by atoms with Gasteiger partial charge in [0, 0.05) is 6.04 Å². The van der Waals surface area contributed by atoms with Crippen molar-refractivity contribution in [1.82, 2.24) is 0 Å².